The third kappa shape index (κ3) is 2.54. The second kappa shape index (κ2) is 5.59. The van der Waals surface area contributed by atoms with E-state index in [1.807, 2.05) is 6.92 Å². The minimum absolute atomic E-state index is 0.130. The standard InChI is InChI=1S/C14H22O5/c1-3-17-12(16)6-8-13(2)11(15)5-4-7-14(13)18-9-10-19-14/h3-10H2,1-2H3/t13-/m1/s1. The normalized spacial score (nSPS) is 29.7. The van der Waals surface area contributed by atoms with E-state index in [2.05, 4.69) is 0 Å². The fourth-order valence-corrected chi connectivity index (χ4v) is 3.08. The van der Waals surface area contributed by atoms with E-state index in [4.69, 9.17) is 14.2 Å². The van der Waals surface area contributed by atoms with Crippen LogP contribution in [-0.2, 0) is 23.8 Å². The van der Waals surface area contributed by atoms with Crippen LogP contribution < -0.4 is 0 Å². The fourth-order valence-electron chi connectivity index (χ4n) is 3.08. The number of hydrogen-bond donors (Lipinski definition) is 0. The van der Waals surface area contributed by atoms with Crippen molar-refractivity contribution >= 4 is 11.8 Å². The molecule has 0 aromatic rings. The maximum atomic E-state index is 12.3. The molecule has 1 aliphatic heterocycles. The molecule has 5 nitrogen and oxygen atoms in total. The minimum Gasteiger partial charge on any atom is -0.466 e. The molecule has 2 rings (SSSR count). The molecule has 1 saturated heterocycles. The molecular weight excluding hydrogens is 248 g/mol. The van der Waals surface area contributed by atoms with E-state index in [1.54, 1.807) is 6.92 Å². The summed E-state index contributed by atoms with van der Waals surface area (Å²) in [6.45, 7) is 5.03. The number of ketones is 1. The number of carbonyl (C=O) groups excluding carboxylic acids is 2. The number of rotatable bonds is 4. The van der Waals surface area contributed by atoms with Crippen molar-refractivity contribution in [3.63, 3.8) is 0 Å². The zero-order valence-electron chi connectivity index (χ0n) is 11.7. The van der Waals surface area contributed by atoms with Crippen molar-refractivity contribution in [1.82, 2.24) is 0 Å². The average molecular weight is 270 g/mol. The Kier molecular flexibility index (Phi) is 4.26. The molecule has 1 spiro atoms. The van der Waals surface area contributed by atoms with Gasteiger partial charge >= 0.3 is 5.97 Å². The van der Waals surface area contributed by atoms with E-state index in [-0.39, 0.29) is 18.2 Å². The summed E-state index contributed by atoms with van der Waals surface area (Å²) in [5.41, 5.74) is -0.742. The Morgan fingerprint density at radius 1 is 1.37 bits per heavy atom. The molecule has 5 heteroatoms. The van der Waals surface area contributed by atoms with Crippen LogP contribution in [0.5, 0.6) is 0 Å². The topological polar surface area (TPSA) is 61.8 Å². The first-order valence-electron chi connectivity index (χ1n) is 7.01. The molecule has 0 aromatic heterocycles. The Morgan fingerprint density at radius 3 is 2.68 bits per heavy atom. The summed E-state index contributed by atoms with van der Waals surface area (Å²) in [6, 6.07) is 0. The van der Waals surface area contributed by atoms with Crippen LogP contribution in [0.3, 0.4) is 0 Å². The lowest BCUT2D eigenvalue weighted by molar-refractivity contribution is -0.242. The maximum Gasteiger partial charge on any atom is 0.305 e. The predicted octanol–water partition coefficient (Wildman–Crippen LogP) is 1.83. The van der Waals surface area contributed by atoms with E-state index in [0.717, 1.165) is 12.8 Å². The van der Waals surface area contributed by atoms with Gasteiger partial charge in [-0.25, -0.2) is 0 Å². The Balaban J connectivity index is 2.11. The molecule has 1 saturated carbocycles. The van der Waals surface area contributed by atoms with Crippen LogP contribution in [0, 0.1) is 5.41 Å². The van der Waals surface area contributed by atoms with Gasteiger partial charge in [-0.05, 0) is 26.7 Å². The molecule has 0 N–H and O–H groups in total. The second-order valence-corrected chi connectivity index (χ2v) is 5.36. The first-order valence-corrected chi connectivity index (χ1v) is 7.01. The molecule has 0 aromatic carbocycles. The molecule has 19 heavy (non-hydrogen) atoms. The zero-order chi connectivity index (χ0) is 13.9. The summed E-state index contributed by atoms with van der Waals surface area (Å²) >= 11 is 0. The monoisotopic (exact) mass is 270 g/mol. The lowest BCUT2D eigenvalue weighted by Crippen LogP contribution is -2.55. The van der Waals surface area contributed by atoms with Gasteiger partial charge in [-0.2, -0.15) is 0 Å². The summed E-state index contributed by atoms with van der Waals surface area (Å²) in [7, 11) is 0. The predicted molar refractivity (Wildman–Crippen MR) is 67.5 cm³/mol. The Bertz CT molecular complexity index is 359. The molecule has 2 aliphatic rings. The average Bonchev–Trinajstić information content (AvgIpc) is 2.85. The quantitative estimate of drug-likeness (QED) is 0.729. The number of esters is 1. The maximum absolute atomic E-state index is 12.3. The zero-order valence-corrected chi connectivity index (χ0v) is 11.7. The number of ether oxygens (including phenoxy) is 3. The molecule has 1 atom stereocenters. The number of Topliss-reactive ketones (excluding diaryl/α,β-unsaturated/α-hetero) is 1. The highest BCUT2D eigenvalue weighted by Gasteiger charge is 2.58. The van der Waals surface area contributed by atoms with Crippen molar-refractivity contribution in [2.75, 3.05) is 19.8 Å². The summed E-state index contributed by atoms with van der Waals surface area (Å²) in [5, 5.41) is 0. The summed E-state index contributed by atoms with van der Waals surface area (Å²) < 4.78 is 16.5. The van der Waals surface area contributed by atoms with Crippen molar-refractivity contribution in [2.24, 2.45) is 5.41 Å². The van der Waals surface area contributed by atoms with Gasteiger partial charge in [-0.3, -0.25) is 9.59 Å². The molecule has 0 unspecified atom stereocenters. The van der Waals surface area contributed by atoms with Crippen LogP contribution in [0.1, 0.15) is 46.0 Å². The molecule has 108 valence electrons. The van der Waals surface area contributed by atoms with Gasteiger partial charge in [0.1, 0.15) is 5.78 Å². The highest BCUT2D eigenvalue weighted by Crippen LogP contribution is 2.49. The van der Waals surface area contributed by atoms with Crippen LogP contribution in [0.25, 0.3) is 0 Å². The van der Waals surface area contributed by atoms with Crippen LogP contribution in [0.2, 0.25) is 0 Å². The van der Waals surface area contributed by atoms with Crippen molar-refractivity contribution in [3.8, 4) is 0 Å². The summed E-state index contributed by atoms with van der Waals surface area (Å²) in [6.07, 6.45) is 2.69. The van der Waals surface area contributed by atoms with Gasteiger partial charge in [0.25, 0.3) is 0 Å². The lowest BCUT2D eigenvalue weighted by Gasteiger charge is -2.46. The smallest absolute Gasteiger partial charge is 0.305 e. The van der Waals surface area contributed by atoms with Gasteiger partial charge < -0.3 is 14.2 Å². The Hall–Kier alpha value is -0.940. The largest absolute Gasteiger partial charge is 0.466 e. The molecule has 0 bridgehead atoms. The fraction of sp³-hybridized carbons (Fsp3) is 0.857. The Labute approximate surface area is 113 Å². The Morgan fingerprint density at radius 2 is 2.05 bits per heavy atom. The first kappa shape index (κ1) is 14.5. The number of hydrogen-bond acceptors (Lipinski definition) is 5. The van der Waals surface area contributed by atoms with E-state index in [1.165, 1.54) is 0 Å². The van der Waals surface area contributed by atoms with Gasteiger partial charge in [0.2, 0.25) is 0 Å². The van der Waals surface area contributed by atoms with E-state index >= 15 is 0 Å². The van der Waals surface area contributed by atoms with Crippen LogP contribution in [0.15, 0.2) is 0 Å². The molecule has 0 amide bonds. The summed E-state index contributed by atoms with van der Waals surface area (Å²) in [4.78, 5) is 23.9. The van der Waals surface area contributed by atoms with Crippen LogP contribution in [-0.4, -0.2) is 37.4 Å². The van der Waals surface area contributed by atoms with Crippen molar-refractivity contribution < 1.29 is 23.8 Å². The van der Waals surface area contributed by atoms with E-state index < -0.39 is 11.2 Å². The lowest BCUT2D eigenvalue weighted by atomic mass is 9.67. The molecular formula is C14H22O5. The van der Waals surface area contributed by atoms with Crippen molar-refractivity contribution in [3.05, 3.63) is 0 Å². The third-order valence-electron chi connectivity index (χ3n) is 4.25. The van der Waals surface area contributed by atoms with E-state index in [9.17, 15) is 9.59 Å². The molecule has 1 heterocycles. The molecule has 1 aliphatic carbocycles. The van der Waals surface area contributed by atoms with E-state index in [0.29, 0.717) is 32.7 Å². The second-order valence-electron chi connectivity index (χ2n) is 5.36. The number of carbonyl (C=O) groups is 2. The van der Waals surface area contributed by atoms with Crippen LogP contribution >= 0.6 is 0 Å². The molecule has 0 radical (unpaired) electrons. The van der Waals surface area contributed by atoms with Gasteiger partial charge in [0, 0.05) is 19.3 Å². The van der Waals surface area contributed by atoms with Crippen LogP contribution in [0.4, 0.5) is 0 Å². The minimum atomic E-state index is -0.825. The first-order chi connectivity index (χ1) is 9.04. The van der Waals surface area contributed by atoms with Gasteiger partial charge in [-0.15, -0.1) is 0 Å². The molecule has 2 fully saturated rings. The van der Waals surface area contributed by atoms with Gasteiger partial charge in [-0.1, -0.05) is 0 Å². The SMILES string of the molecule is CCOC(=O)CC[C@]1(C)C(=O)CCCC12OCCO2. The highest BCUT2D eigenvalue weighted by molar-refractivity contribution is 5.87. The highest BCUT2D eigenvalue weighted by atomic mass is 16.7. The van der Waals surface area contributed by atoms with Crippen molar-refractivity contribution in [2.45, 2.75) is 51.7 Å². The summed E-state index contributed by atoms with van der Waals surface area (Å²) in [5.74, 6) is -0.963. The van der Waals surface area contributed by atoms with Gasteiger partial charge in [0.15, 0.2) is 5.79 Å². The van der Waals surface area contributed by atoms with Crippen molar-refractivity contribution in [1.29, 1.82) is 0 Å². The third-order valence-corrected chi connectivity index (χ3v) is 4.25. The van der Waals surface area contributed by atoms with Gasteiger partial charge in [0.05, 0.1) is 25.2 Å².